The second-order valence-corrected chi connectivity index (χ2v) is 4.50. The van der Waals surface area contributed by atoms with Gasteiger partial charge in [-0.2, -0.15) is 10.2 Å². The van der Waals surface area contributed by atoms with Gasteiger partial charge < -0.3 is 5.32 Å². The highest BCUT2D eigenvalue weighted by molar-refractivity contribution is 6.31. The average Bonchev–Trinajstić information content (AvgIpc) is 2.86. The minimum Gasteiger partial charge on any atom is -0.304 e. The van der Waals surface area contributed by atoms with Gasteiger partial charge in [0, 0.05) is 20.6 Å². The molecule has 6 nitrogen and oxygen atoms in total. The van der Waals surface area contributed by atoms with Crippen molar-refractivity contribution in [3.63, 3.8) is 0 Å². The summed E-state index contributed by atoms with van der Waals surface area (Å²) in [7, 11) is 3.75. The lowest BCUT2D eigenvalue weighted by atomic mass is 10.3. The normalized spacial score (nSPS) is 11.1. The molecule has 0 fully saturated rings. The van der Waals surface area contributed by atoms with Gasteiger partial charge in [0.2, 0.25) is 0 Å². The lowest BCUT2D eigenvalue weighted by Crippen LogP contribution is -2.16. The number of rotatable bonds is 5. The Morgan fingerprint density at radius 1 is 1.28 bits per heavy atom. The second-order valence-electron chi connectivity index (χ2n) is 4.12. The van der Waals surface area contributed by atoms with Crippen molar-refractivity contribution in [2.45, 2.75) is 26.4 Å². The van der Waals surface area contributed by atoms with E-state index in [1.165, 1.54) is 0 Å². The van der Waals surface area contributed by atoms with Crippen molar-refractivity contribution in [2.75, 3.05) is 0 Å². The summed E-state index contributed by atoms with van der Waals surface area (Å²) in [6.45, 7) is 3.31. The molecule has 0 aliphatic rings. The maximum atomic E-state index is 6.26. The van der Waals surface area contributed by atoms with Crippen LogP contribution >= 0.6 is 11.6 Å². The highest BCUT2D eigenvalue weighted by Gasteiger charge is 2.12. The van der Waals surface area contributed by atoms with Crippen LogP contribution in [0.4, 0.5) is 0 Å². The summed E-state index contributed by atoms with van der Waals surface area (Å²) in [6.07, 6.45) is 2.53. The molecule has 0 aliphatic carbocycles. The summed E-state index contributed by atoms with van der Waals surface area (Å²) in [5, 5.41) is 12.6. The molecule has 98 valence electrons. The molecular formula is C11H17ClN6. The van der Waals surface area contributed by atoms with Crippen molar-refractivity contribution in [3.8, 4) is 0 Å². The zero-order valence-corrected chi connectivity index (χ0v) is 11.6. The Hall–Kier alpha value is -1.40. The molecule has 0 unspecified atom stereocenters. The lowest BCUT2D eigenvalue weighted by Gasteiger charge is -2.03. The van der Waals surface area contributed by atoms with Crippen LogP contribution in [-0.4, -0.2) is 24.5 Å². The fourth-order valence-corrected chi connectivity index (χ4v) is 2.13. The quantitative estimate of drug-likeness (QED) is 0.881. The monoisotopic (exact) mass is 268 g/mol. The predicted octanol–water partition coefficient (Wildman–Crippen LogP) is 1.05. The van der Waals surface area contributed by atoms with E-state index in [0.717, 1.165) is 28.7 Å². The Labute approximate surface area is 111 Å². The molecule has 7 heteroatoms. The largest absolute Gasteiger partial charge is 0.304 e. The van der Waals surface area contributed by atoms with Gasteiger partial charge in [0.15, 0.2) is 5.82 Å². The number of nitrogens with one attached hydrogen (secondary N) is 1. The van der Waals surface area contributed by atoms with E-state index in [1.54, 1.807) is 11.0 Å². The summed E-state index contributed by atoms with van der Waals surface area (Å²) < 4.78 is 3.50. The van der Waals surface area contributed by atoms with Gasteiger partial charge in [0.1, 0.15) is 6.33 Å². The number of hydrogen-bond acceptors (Lipinski definition) is 4. The summed E-state index contributed by atoms with van der Waals surface area (Å²) in [5.41, 5.74) is 1.93. The van der Waals surface area contributed by atoms with Crippen LogP contribution in [0, 0.1) is 0 Å². The van der Waals surface area contributed by atoms with Gasteiger partial charge in [-0.3, -0.25) is 9.36 Å². The van der Waals surface area contributed by atoms with E-state index in [4.69, 9.17) is 11.6 Å². The first-order chi connectivity index (χ1) is 8.61. The SMILES string of the molecule is CCc1nn(C)c(CNCc2ncn(C)n2)c1Cl. The predicted molar refractivity (Wildman–Crippen MR) is 69.1 cm³/mol. The fraction of sp³-hybridized carbons (Fsp3) is 0.545. The van der Waals surface area contributed by atoms with Crippen molar-refractivity contribution >= 4 is 11.6 Å². The van der Waals surface area contributed by atoms with Gasteiger partial charge in [-0.05, 0) is 6.42 Å². The van der Waals surface area contributed by atoms with E-state index in [2.05, 4.69) is 20.5 Å². The van der Waals surface area contributed by atoms with Gasteiger partial charge in [0.05, 0.1) is 23.0 Å². The first-order valence-electron chi connectivity index (χ1n) is 5.87. The van der Waals surface area contributed by atoms with Crippen LogP contribution in [0.2, 0.25) is 5.02 Å². The third kappa shape index (κ3) is 2.70. The van der Waals surface area contributed by atoms with Crippen LogP contribution in [0.15, 0.2) is 6.33 Å². The topological polar surface area (TPSA) is 60.6 Å². The molecule has 0 aromatic carbocycles. The van der Waals surface area contributed by atoms with Crippen LogP contribution in [0.1, 0.15) is 24.1 Å². The molecule has 0 aliphatic heterocycles. The van der Waals surface area contributed by atoms with Gasteiger partial charge in [-0.1, -0.05) is 18.5 Å². The smallest absolute Gasteiger partial charge is 0.164 e. The van der Waals surface area contributed by atoms with Crippen LogP contribution in [0.5, 0.6) is 0 Å². The summed E-state index contributed by atoms with van der Waals surface area (Å²) >= 11 is 6.26. The van der Waals surface area contributed by atoms with E-state index in [1.807, 2.05) is 25.7 Å². The zero-order chi connectivity index (χ0) is 13.1. The van der Waals surface area contributed by atoms with Gasteiger partial charge in [0.25, 0.3) is 0 Å². The van der Waals surface area contributed by atoms with Crippen LogP contribution in [-0.2, 0) is 33.6 Å². The molecule has 0 spiro atoms. The van der Waals surface area contributed by atoms with Gasteiger partial charge >= 0.3 is 0 Å². The minimum absolute atomic E-state index is 0.615. The minimum atomic E-state index is 0.615. The van der Waals surface area contributed by atoms with E-state index >= 15 is 0 Å². The molecule has 0 radical (unpaired) electrons. The first kappa shape index (κ1) is 13.0. The number of aromatic nitrogens is 5. The van der Waals surface area contributed by atoms with Gasteiger partial charge in [-0.25, -0.2) is 4.98 Å². The Morgan fingerprint density at radius 3 is 2.61 bits per heavy atom. The molecule has 0 bridgehead atoms. The number of halogens is 1. The lowest BCUT2D eigenvalue weighted by molar-refractivity contribution is 0.605. The Bertz CT molecular complexity index is 530. The summed E-state index contributed by atoms with van der Waals surface area (Å²) in [4.78, 5) is 4.15. The highest BCUT2D eigenvalue weighted by Crippen LogP contribution is 2.20. The molecule has 0 amide bonds. The zero-order valence-electron chi connectivity index (χ0n) is 10.8. The van der Waals surface area contributed by atoms with Crippen molar-refractivity contribution in [3.05, 3.63) is 28.6 Å². The maximum absolute atomic E-state index is 6.26. The second kappa shape index (κ2) is 5.49. The molecule has 0 saturated carbocycles. The van der Waals surface area contributed by atoms with Crippen molar-refractivity contribution in [2.24, 2.45) is 14.1 Å². The molecule has 2 heterocycles. The molecular weight excluding hydrogens is 252 g/mol. The Balaban J connectivity index is 1.96. The van der Waals surface area contributed by atoms with Crippen molar-refractivity contribution < 1.29 is 0 Å². The third-order valence-corrected chi connectivity index (χ3v) is 3.16. The molecule has 2 aromatic heterocycles. The van der Waals surface area contributed by atoms with Crippen molar-refractivity contribution in [1.82, 2.24) is 29.9 Å². The molecule has 2 rings (SSSR count). The Kier molecular flexibility index (Phi) is 3.98. The number of aryl methyl sites for hydroxylation is 3. The molecule has 0 atom stereocenters. The fourth-order valence-electron chi connectivity index (χ4n) is 1.77. The molecule has 2 aromatic rings. The van der Waals surface area contributed by atoms with Crippen LogP contribution in [0.25, 0.3) is 0 Å². The van der Waals surface area contributed by atoms with E-state index < -0.39 is 0 Å². The summed E-state index contributed by atoms with van der Waals surface area (Å²) in [6, 6.07) is 0. The standard InChI is InChI=1S/C11H17ClN6/c1-4-8-11(12)9(18(3)15-8)5-13-6-10-14-7-17(2)16-10/h7,13H,4-6H2,1-3H3. The van der Waals surface area contributed by atoms with Gasteiger partial charge in [-0.15, -0.1) is 0 Å². The average molecular weight is 269 g/mol. The van der Waals surface area contributed by atoms with Crippen LogP contribution < -0.4 is 5.32 Å². The maximum Gasteiger partial charge on any atom is 0.164 e. The number of hydrogen-bond donors (Lipinski definition) is 1. The van der Waals surface area contributed by atoms with Crippen molar-refractivity contribution in [1.29, 1.82) is 0 Å². The highest BCUT2D eigenvalue weighted by atomic mass is 35.5. The number of nitrogens with zero attached hydrogens (tertiary/aromatic N) is 5. The third-order valence-electron chi connectivity index (χ3n) is 2.73. The Morgan fingerprint density at radius 2 is 2.06 bits per heavy atom. The van der Waals surface area contributed by atoms with E-state index in [-0.39, 0.29) is 0 Å². The molecule has 0 saturated heterocycles. The van der Waals surface area contributed by atoms with Crippen LogP contribution in [0.3, 0.4) is 0 Å². The molecule has 18 heavy (non-hydrogen) atoms. The summed E-state index contributed by atoms with van der Waals surface area (Å²) in [5.74, 6) is 0.770. The van der Waals surface area contributed by atoms with E-state index in [0.29, 0.717) is 13.1 Å². The first-order valence-corrected chi connectivity index (χ1v) is 6.25. The molecule has 1 N–H and O–H groups in total. The van der Waals surface area contributed by atoms with E-state index in [9.17, 15) is 0 Å².